The predicted molar refractivity (Wildman–Crippen MR) is 108 cm³/mol. The summed E-state index contributed by atoms with van der Waals surface area (Å²) in [5.74, 6) is 0. The van der Waals surface area contributed by atoms with E-state index >= 15 is 0 Å². The van der Waals surface area contributed by atoms with Crippen LogP contribution < -0.4 is 0 Å². The standard InChI is InChI=1S/C24H15N/c1-2-8-16-15(7-1)13-14-18-17-9-3-4-10-19(17)24-23(22(16)18)20-11-5-6-12-21(20)25-24/h1-14,25H. The van der Waals surface area contributed by atoms with Crippen LogP contribution in [-0.2, 0) is 0 Å². The molecule has 6 rings (SSSR count). The minimum absolute atomic E-state index is 1.20. The molecule has 0 saturated heterocycles. The first kappa shape index (κ1) is 13.0. The molecular weight excluding hydrogens is 302 g/mol. The fourth-order valence-corrected chi connectivity index (χ4v) is 4.30. The van der Waals surface area contributed by atoms with Crippen molar-refractivity contribution >= 4 is 54.1 Å². The van der Waals surface area contributed by atoms with Gasteiger partial charge in [0, 0.05) is 27.1 Å². The van der Waals surface area contributed by atoms with E-state index in [1.807, 2.05) is 0 Å². The molecule has 1 heteroatoms. The van der Waals surface area contributed by atoms with Crippen molar-refractivity contribution in [2.24, 2.45) is 0 Å². The Labute approximate surface area is 144 Å². The predicted octanol–water partition coefficient (Wildman–Crippen LogP) is 6.78. The Balaban J connectivity index is 2.09. The molecule has 0 aliphatic carbocycles. The Morgan fingerprint density at radius 2 is 1.12 bits per heavy atom. The molecule has 0 atom stereocenters. The Hall–Kier alpha value is -3.32. The summed E-state index contributed by atoms with van der Waals surface area (Å²) in [4.78, 5) is 3.68. The normalized spacial score (nSPS) is 12.0. The third-order valence-electron chi connectivity index (χ3n) is 5.37. The summed E-state index contributed by atoms with van der Waals surface area (Å²) < 4.78 is 0. The van der Waals surface area contributed by atoms with Crippen molar-refractivity contribution in [1.29, 1.82) is 0 Å². The summed E-state index contributed by atoms with van der Waals surface area (Å²) in [7, 11) is 0. The van der Waals surface area contributed by atoms with Crippen LogP contribution in [0, 0.1) is 0 Å². The first-order valence-electron chi connectivity index (χ1n) is 8.64. The van der Waals surface area contributed by atoms with E-state index in [1.54, 1.807) is 0 Å². The van der Waals surface area contributed by atoms with Crippen LogP contribution >= 0.6 is 0 Å². The summed E-state index contributed by atoms with van der Waals surface area (Å²) in [6.45, 7) is 0. The number of nitrogens with one attached hydrogen (secondary N) is 1. The van der Waals surface area contributed by atoms with Gasteiger partial charge in [-0.05, 0) is 27.6 Å². The molecule has 0 fully saturated rings. The minimum Gasteiger partial charge on any atom is -0.354 e. The SMILES string of the molecule is c1ccc2c(c1)ccc1c3ccccc3c3[nH]c4ccccc4c3c21. The highest BCUT2D eigenvalue weighted by Crippen LogP contribution is 2.41. The molecule has 0 amide bonds. The molecule has 0 saturated carbocycles. The number of hydrogen-bond acceptors (Lipinski definition) is 0. The zero-order valence-corrected chi connectivity index (χ0v) is 13.6. The second-order valence-electron chi connectivity index (χ2n) is 6.68. The smallest absolute Gasteiger partial charge is 0.0551 e. The second kappa shape index (κ2) is 4.61. The van der Waals surface area contributed by atoms with Gasteiger partial charge in [-0.25, -0.2) is 0 Å². The van der Waals surface area contributed by atoms with Gasteiger partial charge < -0.3 is 4.98 Å². The first-order chi connectivity index (χ1) is 12.4. The number of fused-ring (bicyclic) bond motifs is 10. The third kappa shape index (κ3) is 1.62. The van der Waals surface area contributed by atoms with Crippen molar-refractivity contribution in [2.75, 3.05) is 0 Å². The molecule has 0 unspecified atom stereocenters. The van der Waals surface area contributed by atoms with Crippen LogP contribution in [0.3, 0.4) is 0 Å². The van der Waals surface area contributed by atoms with E-state index in [4.69, 9.17) is 0 Å². The van der Waals surface area contributed by atoms with Gasteiger partial charge in [-0.3, -0.25) is 0 Å². The lowest BCUT2D eigenvalue weighted by Gasteiger charge is -2.10. The minimum atomic E-state index is 1.20. The Morgan fingerprint density at radius 1 is 0.440 bits per heavy atom. The molecular formula is C24H15N. The fraction of sp³-hybridized carbons (Fsp3) is 0. The summed E-state index contributed by atoms with van der Waals surface area (Å²) in [5.41, 5.74) is 2.43. The summed E-state index contributed by atoms with van der Waals surface area (Å²) in [6, 6.07) is 30.5. The maximum Gasteiger partial charge on any atom is 0.0551 e. The number of hydrogen-bond donors (Lipinski definition) is 1. The van der Waals surface area contributed by atoms with Gasteiger partial charge in [0.25, 0.3) is 0 Å². The number of benzene rings is 5. The van der Waals surface area contributed by atoms with Crippen molar-refractivity contribution < 1.29 is 0 Å². The summed E-state index contributed by atoms with van der Waals surface area (Å²) >= 11 is 0. The van der Waals surface area contributed by atoms with Gasteiger partial charge in [-0.15, -0.1) is 0 Å². The van der Waals surface area contributed by atoms with Crippen LogP contribution in [-0.4, -0.2) is 4.98 Å². The highest BCUT2D eigenvalue weighted by molar-refractivity contribution is 6.36. The average molecular weight is 317 g/mol. The van der Waals surface area contributed by atoms with Crippen molar-refractivity contribution in [1.82, 2.24) is 4.98 Å². The van der Waals surface area contributed by atoms with E-state index in [0.29, 0.717) is 0 Å². The van der Waals surface area contributed by atoms with Gasteiger partial charge in [0.15, 0.2) is 0 Å². The van der Waals surface area contributed by atoms with E-state index in [-0.39, 0.29) is 0 Å². The lowest BCUT2D eigenvalue weighted by molar-refractivity contribution is 1.56. The van der Waals surface area contributed by atoms with E-state index in [2.05, 4.69) is 89.9 Å². The molecule has 1 nitrogen and oxygen atoms in total. The molecule has 6 aromatic rings. The largest absolute Gasteiger partial charge is 0.354 e. The Bertz CT molecular complexity index is 1440. The van der Waals surface area contributed by atoms with Crippen molar-refractivity contribution in [3.63, 3.8) is 0 Å². The highest BCUT2D eigenvalue weighted by Gasteiger charge is 2.14. The third-order valence-corrected chi connectivity index (χ3v) is 5.37. The number of aromatic amines is 1. The van der Waals surface area contributed by atoms with Crippen LogP contribution in [0.4, 0.5) is 0 Å². The molecule has 25 heavy (non-hydrogen) atoms. The number of aromatic nitrogens is 1. The monoisotopic (exact) mass is 317 g/mol. The Morgan fingerprint density at radius 3 is 2.00 bits per heavy atom. The number of H-pyrrole nitrogens is 1. The molecule has 0 aliphatic rings. The van der Waals surface area contributed by atoms with E-state index in [1.165, 1.54) is 54.1 Å². The van der Waals surface area contributed by atoms with Crippen LogP contribution in [0.1, 0.15) is 0 Å². The molecule has 5 aromatic carbocycles. The molecule has 1 aromatic heterocycles. The molecule has 0 bridgehead atoms. The maximum atomic E-state index is 3.68. The molecule has 116 valence electrons. The van der Waals surface area contributed by atoms with Crippen LogP contribution in [0.5, 0.6) is 0 Å². The molecule has 1 heterocycles. The molecule has 0 spiro atoms. The lowest BCUT2D eigenvalue weighted by Crippen LogP contribution is -1.83. The quantitative estimate of drug-likeness (QED) is 0.297. The molecule has 1 N–H and O–H groups in total. The number of para-hydroxylation sites is 1. The van der Waals surface area contributed by atoms with Crippen molar-refractivity contribution in [2.45, 2.75) is 0 Å². The lowest BCUT2D eigenvalue weighted by atomic mass is 9.93. The Kier molecular flexibility index (Phi) is 2.40. The second-order valence-corrected chi connectivity index (χ2v) is 6.68. The zero-order valence-electron chi connectivity index (χ0n) is 13.6. The van der Waals surface area contributed by atoms with Gasteiger partial charge in [0.1, 0.15) is 0 Å². The maximum absolute atomic E-state index is 3.68. The van der Waals surface area contributed by atoms with Crippen LogP contribution in [0.25, 0.3) is 54.1 Å². The van der Waals surface area contributed by atoms with Gasteiger partial charge in [0.2, 0.25) is 0 Å². The fourth-order valence-electron chi connectivity index (χ4n) is 4.30. The van der Waals surface area contributed by atoms with Crippen molar-refractivity contribution in [3.05, 3.63) is 84.9 Å². The van der Waals surface area contributed by atoms with E-state index < -0.39 is 0 Å². The van der Waals surface area contributed by atoms with E-state index in [9.17, 15) is 0 Å². The first-order valence-corrected chi connectivity index (χ1v) is 8.64. The summed E-state index contributed by atoms with van der Waals surface area (Å²) in [6.07, 6.45) is 0. The topological polar surface area (TPSA) is 15.8 Å². The van der Waals surface area contributed by atoms with Crippen LogP contribution in [0.2, 0.25) is 0 Å². The van der Waals surface area contributed by atoms with E-state index in [0.717, 1.165) is 0 Å². The molecule has 0 radical (unpaired) electrons. The van der Waals surface area contributed by atoms with Gasteiger partial charge in [-0.2, -0.15) is 0 Å². The van der Waals surface area contributed by atoms with Gasteiger partial charge in [0.05, 0.1) is 5.52 Å². The average Bonchev–Trinajstić information content (AvgIpc) is 3.07. The van der Waals surface area contributed by atoms with Crippen LogP contribution in [0.15, 0.2) is 84.9 Å². The van der Waals surface area contributed by atoms with Crippen molar-refractivity contribution in [3.8, 4) is 0 Å². The van der Waals surface area contributed by atoms with Gasteiger partial charge in [-0.1, -0.05) is 78.9 Å². The summed E-state index contributed by atoms with van der Waals surface area (Å²) in [5, 5.41) is 10.5. The van der Waals surface area contributed by atoms with Gasteiger partial charge >= 0.3 is 0 Å². The number of rotatable bonds is 0. The molecule has 0 aliphatic heterocycles. The highest BCUT2D eigenvalue weighted by atomic mass is 14.7. The zero-order chi connectivity index (χ0) is 16.4.